The van der Waals surface area contributed by atoms with E-state index in [1.165, 1.54) is 0 Å². The molecule has 0 atom stereocenters. The number of likely N-dealkylation sites (tertiary alicyclic amines) is 1. The molecule has 1 heterocycles. The molecule has 0 aliphatic carbocycles. The molecule has 0 radical (unpaired) electrons. The van der Waals surface area contributed by atoms with Crippen molar-refractivity contribution in [2.24, 2.45) is 5.73 Å². The summed E-state index contributed by atoms with van der Waals surface area (Å²) in [5, 5.41) is 4.97. The summed E-state index contributed by atoms with van der Waals surface area (Å²) in [5.74, 6) is -0.0602. The molecular formula is C19H24ClN3O2. The Kier molecular flexibility index (Phi) is 6.79. The number of nitrogens with zero attached hydrogens (tertiary/aromatic N) is 1. The first-order valence-electron chi connectivity index (χ1n) is 8.44. The van der Waals surface area contributed by atoms with Gasteiger partial charge in [0.2, 0.25) is 5.91 Å². The Bertz CT molecular complexity index is 742. The highest BCUT2D eigenvalue weighted by Gasteiger charge is 2.20. The fraction of sp³-hybridized carbons (Fsp3) is 0.368. The van der Waals surface area contributed by atoms with Gasteiger partial charge in [-0.2, -0.15) is 0 Å². The zero-order chi connectivity index (χ0) is 16.9. The first-order chi connectivity index (χ1) is 11.6. The minimum absolute atomic E-state index is 0. The van der Waals surface area contributed by atoms with Crippen molar-refractivity contribution in [3.63, 3.8) is 0 Å². The Morgan fingerprint density at radius 3 is 2.48 bits per heavy atom. The van der Waals surface area contributed by atoms with E-state index < -0.39 is 0 Å². The molecule has 0 saturated carbocycles. The largest absolute Gasteiger partial charge is 0.352 e. The van der Waals surface area contributed by atoms with Gasteiger partial charge in [-0.25, -0.2) is 0 Å². The van der Waals surface area contributed by atoms with Crippen LogP contribution in [0.25, 0.3) is 10.8 Å². The number of nitrogens with one attached hydrogen (secondary N) is 1. The van der Waals surface area contributed by atoms with Gasteiger partial charge in [-0.15, -0.1) is 12.4 Å². The molecular weight excluding hydrogens is 338 g/mol. The number of carbonyl (C=O) groups is 2. The second-order valence-electron chi connectivity index (χ2n) is 6.29. The van der Waals surface area contributed by atoms with Gasteiger partial charge in [0, 0.05) is 37.7 Å². The number of benzene rings is 2. The summed E-state index contributed by atoms with van der Waals surface area (Å²) in [7, 11) is 0. The van der Waals surface area contributed by atoms with E-state index in [9.17, 15) is 9.59 Å². The van der Waals surface area contributed by atoms with Gasteiger partial charge >= 0.3 is 0 Å². The lowest BCUT2D eigenvalue weighted by Crippen LogP contribution is -2.43. The second-order valence-corrected chi connectivity index (χ2v) is 6.29. The molecule has 2 amide bonds. The Morgan fingerprint density at radius 2 is 1.76 bits per heavy atom. The van der Waals surface area contributed by atoms with Crippen LogP contribution in [0.2, 0.25) is 0 Å². The Labute approximate surface area is 154 Å². The summed E-state index contributed by atoms with van der Waals surface area (Å²) in [6.45, 7) is 1.80. The zero-order valence-electron chi connectivity index (χ0n) is 14.1. The highest BCUT2D eigenvalue weighted by molar-refractivity contribution is 5.98. The van der Waals surface area contributed by atoms with Crippen LogP contribution in [-0.2, 0) is 4.79 Å². The number of nitrogens with two attached hydrogens (primary N) is 1. The van der Waals surface area contributed by atoms with Crippen LogP contribution in [0.3, 0.4) is 0 Å². The third kappa shape index (κ3) is 4.94. The topological polar surface area (TPSA) is 75.4 Å². The average molecular weight is 362 g/mol. The van der Waals surface area contributed by atoms with Crippen LogP contribution in [0.5, 0.6) is 0 Å². The molecule has 6 heteroatoms. The van der Waals surface area contributed by atoms with Crippen molar-refractivity contribution in [2.45, 2.75) is 25.3 Å². The van der Waals surface area contributed by atoms with Crippen molar-refractivity contribution in [2.75, 3.05) is 19.6 Å². The third-order valence-electron chi connectivity index (χ3n) is 4.53. The fourth-order valence-corrected chi connectivity index (χ4v) is 3.02. The molecule has 3 N–H and O–H groups in total. The van der Waals surface area contributed by atoms with Gasteiger partial charge in [-0.1, -0.05) is 30.3 Å². The number of hydrogen-bond donors (Lipinski definition) is 2. The lowest BCUT2D eigenvalue weighted by Gasteiger charge is -2.30. The van der Waals surface area contributed by atoms with Crippen molar-refractivity contribution in [3.8, 4) is 0 Å². The predicted molar refractivity (Wildman–Crippen MR) is 102 cm³/mol. The van der Waals surface area contributed by atoms with Crippen LogP contribution in [0.4, 0.5) is 0 Å². The van der Waals surface area contributed by atoms with Crippen LogP contribution in [0.1, 0.15) is 29.6 Å². The Balaban J connectivity index is 0.00000225. The Hall–Kier alpha value is -2.11. The van der Waals surface area contributed by atoms with Gasteiger partial charge in [0.05, 0.1) is 0 Å². The van der Waals surface area contributed by atoms with E-state index in [1.807, 2.05) is 47.4 Å². The summed E-state index contributed by atoms with van der Waals surface area (Å²) in [4.78, 5) is 26.2. The molecule has 1 aliphatic heterocycles. The summed E-state index contributed by atoms with van der Waals surface area (Å²) < 4.78 is 0. The SMILES string of the molecule is Cl.NC1CCN(C(=O)CCNC(=O)c2ccc3ccccc3c2)CC1. The number of halogens is 1. The zero-order valence-corrected chi connectivity index (χ0v) is 14.9. The van der Waals surface area contributed by atoms with Crippen LogP contribution in [0.15, 0.2) is 42.5 Å². The molecule has 0 aromatic heterocycles. The fourth-order valence-electron chi connectivity index (χ4n) is 3.02. The smallest absolute Gasteiger partial charge is 0.251 e. The summed E-state index contributed by atoms with van der Waals surface area (Å²) >= 11 is 0. The number of rotatable bonds is 4. The van der Waals surface area contributed by atoms with E-state index in [1.54, 1.807) is 0 Å². The molecule has 0 unspecified atom stereocenters. The highest BCUT2D eigenvalue weighted by Crippen LogP contribution is 2.15. The highest BCUT2D eigenvalue weighted by atomic mass is 35.5. The van der Waals surface area contributed by atoms with Crippen LogP contribution < -0.4 is 11.1 Å². The molecule has 134 valence electrons. The molecule has 1 saturated heterocycles. The maximum Gasteiger partial charge on any atom is 0.251 e. The molecule has 2 aromatic carbocycles. The van der Waals surface area contributed by atoms with Gasteiger partial charge in [-0.05, 0) is 35.7 Å². The maximum absolute atomic E-state index is 12.2. The first-order valence-corrected chi connectivity index (χ1v) is 8.44. The van der Waals surface area contributed by atoms with Crippen molar-refractivity contribution in [1.29, 1.82) is 0 Å². The standard InChI is InChI=1S/C19H23N3O2.ClH/c20-17-8-11-22(12-9-17)18(23)7-10-21-19(24)16-6-5-14-3-1-2-4-15(14)13-16;/h1-6,13,17H,7-12,20H2,(H,21,24);1H. The second kappa shape index (κ2) is 8.83. The average Bonchev–Trinajstić information content (AvgIpc) is 2.61. The quantitative estimate of drug-likeness (QED) is 0.877. The molecule has 1 fully saturated rings. The predicted octanol–water partition coefficient (Wildman–Crippen LogP) is 2.33. The number of hydrogen-bond acceptors (Lipinski definition) is 3. The van der Waals surface area contributed by atoms with Gasteiger partial charge in [0.25, 0.3) is 5.91 Å². The molecule has 0 bridgehead atoms. The Morgan fingerprint density at radius 1 is 1.08 bits per heavy atom. The van der Waals surface area contributed by atoms with Gasteiger partial charge in [0.15, 0.2) is 0 Å². The van der Waals surface area contributed by atoms with E-state index in [-0.39, 0.29) is 30.3 Å². The lowest BCUT2D eigenvalue weighted by molar-refractivity contribution is -0.132. The summed E-state index contributed by atoms with van der Waals surface area (Å²) in [6.07, 6.45) is 2.04. The summed E-state index contributed by atoms with van der Waals surface area (Å²) in [6, 6.07) is 13.8. The molecule has 25 heavy (non-hydrogen) atoms. The van der Waals surface area contributed by atoms with E-state index in [2.05, 4.69) is 5.32 Å². The van der Waals surface area contributed by atoms with Gasteiger partial charge in [-0.3, -0.25) is 9.59 Å². The normalized spacial score (nSPS) is 14.8. The lowest BCUT2D eigenvalue weighted by atomic mass is 10.1. The molecule has 5 nitrogen and oxygen atoms in total. The molecule has 2 aromatic rings. The van der Waals surface area contributed by atoms with E-state index in [0.717, 1.165) is 36.7 Å². The van der Waals surface area contributed by atoms with E-state index in [4.69, 9.17) is 5.73 Å². The minimum atomic E-state index is -0.144. The minimum Gasteiger partial charge on any atom is -0.352 e. The maximum atomic E-state index is 12.2. The van der Waals surface area contributed by atoms with E-state index in [0.29, 0.717) is 18.5 Å². The summed E-state index contributed by atoms with van der Waals surface area (Å²) in [5.41, 5.74) is 6.46. The number of piperidine rings is 1. The van der Waals surface area contributed by atoms with Crippen molar-refractivity contribution < 1.29 is 9.59 Å². The first kappa shape index (κ1) is 19.2. The van der Waals surface area contributed by atoms with Crippen LogP contribution in [-0.4, -0.2) is 42.4 Å². The number of amides is 2. The molecule has 3 rings (SSSR count). The number of carbonyl (C=O) groups excluding carboxylic acids is 2. The van der Waals surface area contributed by atoms with Crippen molar-refractivity contribution in [3.05, 3.63) is 48.0 Å². The molecule has 1 aliphatic rings. The van der Waals surface area contributed by atoms with Crippen molar-refractivity contribution >= 4 is 35.0 Å². The van der Waals surface area contributed by atoms with E-state index >= 15 is 0 Å². The van der Waals surface area contributed by atoms with Crippen molar-refractivity contribution in [1.82, 2.24) is 10.2 Å². The third-order valence-corrected chi connectivity index (χ3v) is 4.53. The monoisotopic (exact) mass is 361 g/mol. The number of fused-ring (bicyclic) bond motifs is 1. The van der Waals surface area contributed by atoms with Gasteiger partial charge < -0.3 is 16.0 Å². The van der Waals surface area contributed by atoms with Gasteiger partial charge in [0.1, 0.15) is 0 Å². The van der Waals surface area contributed by atoms with Crippen LogP contribution in [0, 0.1) is 0 Å². The molecule has 0 spiro atoms. The van der Waals surface area contributed by atoms with Crippen LogP contribution >= 0.6 is 12.4 Å².